The van der Waals surface area contributed by atoms with Crippen LogP contribution >= 0.6 is 15.5 Å². The molecule has 0 aliphatic rings. The first-order valence-corrected chi connectivity index (χ1v) is 6.01. The molecule has 0 unspecified atom stereocenters. The Balaban J connectivity index is 5.04. The van der Waals surface area contributed by atoms with Gasteiger partial charge < -0.3 is 9.79 Å². The van der Waals surface area contributed by atoms with Gasteiger partial charge in [-0.15, -0.1) is 0 Å². The molecule has 0 atom stereocenters. The maximum Gasteiger partial charge on any atom is 0.469 e. The van der Waals surface area contributed by atoms with Gasteiger partial charge in [-0.05, 0) is 0 Å². The lowest BCUT2D eigenvalue weighted by Crippen LogP contribution is -2.06. The fraction of sp³-hybridized carbons (Fsp3) is 0.333. The lowest BCUT2D eigenvalue weighted by atomic mass is 10.8. The minimum Gasteiger partial charge on any atom is -0.317 e. The lowest BCUT2D eigenvalue weighted by Gasteiger charge is -2.06. The Morgan fingerprint density at radius 2 is 1.92 bits per heavy atom. The molecule has 5 N–H and O–H groups in total. The number of hydrogen-bond acceptors (Lipinski definition) is 6. The third kappa shape index (κ3) is 4.41. The molecule has 0 aromatic heterocycles. The summed E-state index contributed by atoms with van der Waals surface area (Å²) < 4.78 is 10.5. The molecule has 0 spiro atoms. The van der Waals surface area contributed by atoms with E-state index in [1.807, 2.05) is 0 Å². The summed E-state index contributed by atoms with van der Waals surface area (Å²) in [4.78, 5) is 45.4. The highest BCUT2D eigenvalue weighted by Gasteiger charge is 2.51. The normalized spacial score (nSPS) is 14.0. The molecule has 0 aliphatic carbocycles. The zero-order valence-electron chi connectivity index (χ0n) is 6.14. The van der Waals surface area contributed by atoms with Crippen LogP contribution in [0.3, 0.4) is 0 Å². The number of nitriles is 1. The SMILES string of the molecule is N#CCN=C(P(=O)(O)O)[P+](O)(O)O. The Morgan fingerprint density at radius 3 is 2.15 bits per heavy atom. The van der Waals surface area contributed by atoms with E-state index < -0.39 is 27.3 Å². The molecule has 8 nitrogen and oxygen atoms in total. The van der Waals surface area contributed by atoms with Gasteiger partial charge >= 0.3 is 20.7 Å². The highest BCUT2D eigenvalue weighted by Crippen LogP contribution is 2.60. The summed E-state index contributed by atoms with van der Waals surface area (Å²) in [5.74, 6) is 0. The molecule has 10 heteroatoms. The van der Waals surface area contributed by atoms with Gasteiger partial charge in [0, 0.05) is 0 Å². The van der Waals surface area contributed by atoms with Crippen molar-refractivity contribution in [2.45, 2.75) is 0 Å². The summed E-state index contributed by atoms with van der Waals surface area (Å²) in [6.07, 6.45) is 0. The molecule has 0 amide bonds. The molecule has 0 aromatic rings. The second kappa shape index (κ2) is 4.22. The third-order valence-electron chi connectivity index (χ3n) is 0.820. The Kier molecular flexibility index (Phi) is 4.10. The summed E-state index contributed by atoms with van der Waals surface area (Å²) in [6.45, 7) is -0.677. The van der Waals surface area contributed by atoms with Crippen LogP contribution in [-0.2, 0) is 4.57 Å². The van der Waals surface area contributed by atoms with E-state index >= 15 is 0 Å². The monoisotopic (exact) mass is 229 g/mol. The maximum absolute atomic E-state index is 10.5. The van der Waals surface area contributed by atoms with Crippen LogP contribution in [0.1, 0.15) is 0 Å². The van der Waals surface area contributed by atoms with Crippen LogP contribution in [0.15, 0.2) is 4.99 Å². The molecule has 13 heavy (non-hydrogen) atoms. The van der Waals surface area contributed by atoms with Crippen molar-refractivity contribution in [2.75, 3.05) is 6.54 Å². The van der Waals surface area contributed by atoms with Crippen molar-refractivity contribution >= 4 is 20.7 Å². The fourth-order valence-corrected chi connectivity index (χ4v) is 2.38. The molecule has 0 radical (unpaired) electrons. The predicted octanol–water partition coefficient (Wildman–Crippen LogP) is -1.22. The maximum atomic E-state index is 10.5. The molecule has 0 saturated carbocycles. The van der Waals surface area contributed by atoms with Crippen LogP contribution < -0.4 is 0 Å². The van der Waals surface area contributed by atoms with Crippen LogP contribution in [0.5, 0.6) is 0 Å². The standard InChI is InChI=1S/C3H6N2O6P2/c4-1-2-5-3(12(6,7)8)13(9,10)11/h6-8H,2H2,(H-,9,10,11)/p+1. The van der Waals surface area contributed by atoms with Crippen molar-refractivity contribution in [3.05, 3.63) is 0 Å². The van der Waals surface area contributed by atoms with Crippen molar-refractivity contribution in [3.63, 3.8) is 0 Å². The second-order valence-corrected chi connectivity index (χ2v) is 5.31. The van der Waals surface area contributed by atoms with E-state index in [4.69, 9.17) is 29.7 Å². The van der Waals surface area contributed by atoms with Crippen LogP contribution in [0.4, 0.5) is 0 Å². The number of hydrogen-bond donors (Lipinski definition) is 5. The Hall–Kier alpha value is -0.380. The number of rotatable bonds is 3. The van der Waals surface area contributed by atoms with Crippen LogP contribution in [0.2, 0.25) is 0 Å². The van der Waals surface area contributed by atoms with Crippen LogP contribution in [-0.4, -0.2) is 36.2 Å². The summed E-state index contributed by atoms with van der Waals surface area (Å²) in [6, 6.07) is 1.40. The van der Waals surface area contributed by atoms with E-state index in [2.05, 4.69) is 4.99 Å². The van der Waals surface area contributed by atoms with Gasteiger partial charge in [-0.3, -0.25) is 0 Å². The molecule has 0 aliphatic heterocycles. The highest BCUT2D eigenvalue weighted by molar-refractivity contribution is 8.00. The average molecular weight is 229 g/mol. The van der Waals surface area contributed by atoms with Crippen LogP contribution in [0.25, 0.3) is 0 Å². The Labute approximate surface area is 73.5 Å². The average Bonchev–Trinajstić information content (AvgIpc) is 1.81. The Bertz CT molecular complexity index is 294. The van der Waals surface area contributed by atoms with E-state index in [-0.39, 0.29) is 0 Å². The number of aliphatic imine (C=N–C) groups is 1. The van der Waals surface area contributed by atoms with Gasteiger partial charge in [-0.25, -0.2) is 9.56 Å². The fourth-order valence-electron chi connectivity index (χ4n) is 0.468. The molecule has 0 rings (SSSR count). The smallest absolute Gasteiger partial charge is 0.317 e. The summed E-state index contributed by atoms with van der Waals surface area (Å²) in [5, 5.41) is 6.56. The van der Waals surface area contributed by atoms with Gasteiger partial charge in [-0.1, -0.05) is 0 Å². The minimum atomic E-state index is -5.03. The van der Waals surface area contributed by atoms with E-state index in [1.165, 1.54) is 6.07 Å². The molecule has 0 bridgehead atoms. The summed E-state index contributed by atoms with van der Waals surface area (Å²) in [7, 11) is -9.87. The molecule has 0 aromatic carbocycles. The van der Waals surface area contributed by atoms with Gasteiger partial charge in [-0.2, -0.15) is 19.9 Å². The van der Waals surface area contributed by atoms with E-state index in [1.54, 1.807) is 0 Å². The van der Waals surface area contributed by atoms with Crippen molar-refractivity contribution in [2.24, 2.45) is 4.99 Å². The third-order valence-corrected chi connectivity index (χ3v) is 3.75. The zero-order chi connectivity index (χ0) is 10.7. The first-order chi connectivity index (χ1) is 5.69. The molecule has 0 heterocycles. The summed E-state index contributed by atoms with van der Waals surface area (Å²) >= 11 is 0. The topological polar surface area (TPSA) is 154 Å². The molecular formula is C3H7N2O6P2+. The summed E-state index contributed by atoms with van der Waals surface area (Å²) in [5.41, 5.74) is 0. The number of nitrogens with zero attached hydrogens (tertiary/aromatic N) is 2. The predicted molar refractivity (Wildman–Crippen MR) is 43.5 cm³/mol. The molecular weight excluding hydrogens is 222 g/mol. The van der Waals surface area contributed by atoms with Gasteiger partial charge in [0.2, 0.25) is 0 Å². The van der Waals surface area contributed by atoms with Crippen molar-refractivity contribution < 1.29 is 29.0 Å². The van der Waals surface area contributed by atoms with Gasteiger partial charge in [0.25, 0.3) is 0 Å². The van der Waals surface area contributed by atoms with E-state index in [0.717, 1.165) is 0 Å². The van der Waals surface area contributed by atoms with Gasteiger partial charge in [0.05, 0.1) is 6.07 Å². The first-order valence-electron chi connectivity index (χ1n) is 2.75. The highest BCUT2D eigenvalue weighted by atomic mass is 31.3. The van der Waals surface area contributed by atoms with Crippen molar-refractivity contribution in [1.82, 2.24) is 0 Å². The van der Waals surface area contributed by atoms with Crippen LogP contribution in [0, 0.1) is 11.3 Å². The Morgan fingerprint density at radius 1 is 1.46 bits per heavy atom. The first kappa shape index (κ1) is 12.6. The van der Waals surface area contributed by atoms with Crippen molar-refractivity contribution in [3.8, 4) is 6.07 Å². The molecule has 74 valence electrons. The van der Waals surface area contributed by atoms with Crippen molar-refractivity contribution in [1.29, 1.82) is 5.26 Å². The molecule has 0 fully saturated rings. The molecule has 0 saturated heterocycles. The minimum absolute atomic E-state index is 0.677. The zero-order valence-corrected chi connectivity index (χ0v) is 7.93. The quantitative estimate of drug-likeness (QED) is 0.231. The van der Waals surface area contributed by atoms with E-state index in [9.17, 15) is 4.57 Å². The van der Waals surface area contributed by atoms with Gasteiger partial charge in [0.15, 0.2) is 0 Å². The van der Waals surface area contributed by atoms with Gasteiger partial charge in [0.1, 0.15) is 6.54 Å². The second-order valence-electron chi connectivity index (χ2n) is 1.89. The lowest BCUT2D eigenvalue weighted by molar-refractivity contribution is 0.348. The van der Waals surface area contributed by atoms with E-state index in [0.29, 0.717) is 0 Å². The largest absolute Gasteiger partial charge is 0.469 e.